The first-order valence-electron chi connectivity index (χ1n) is 6.65. The monoisotopic (exact) mass is 263 g/mol. The van der Waals surface area contributed by atoms with Crippen LogP contribution in [0.5, 0.6) is 11.5 Å². The molecule has 1 fully saturated rings. The van der Waals surface area contributed by atoms with Gasteiger partial charge >= 0.3 is 0 Å². The first-order valence-corrected chi connectivity index (χ1v) is 6.65. The van der Waals surface area contributed by atoms with Gasteiger partial charge in [0.2, 0.25) is 0 Å². The molecule has 1 atom stereocenters. The molecule has 4 heteroatoms. The number of ketones is 1. The summed E-state index contributed by atoms with van der Waals surface area (Å²) in [6.07, 6.45) is 3.08. The van der Waals surface area contributed by atoms with E-state index in [0.29, 0.717) is 36.0 Å². The maximum absolute atomic E-state index is 11.3. The molecule has 2 N–H and O–H groups in total. The van der Waals surface area contributed by atoms with Gasteiger partial charge in [-0.05, 0) is 36.5 Å². The molecule has 0 heterocycles. The van der Waals surface area contributed by atoms with Crippen LogP contribution in [-0.2, 0) is 4.79 Å². The number of hydrogen-bond donors (Lipinski definition) is 1. The van der Waals surface area contributed by atoms with Crippen LogP contribution in [-0.4, -0.2) is 20.0 Å². The molecule has 104 valence electrons. The smallest absolute Gasteiger partial charge is 0.161 e. The molecule has 0 bridgehead atoms. The lowest BCUT2D eigenvalue weighted by molar-refractivity contribution is -0.121. The van der Waals surface area contributed by atoms with Crippen molar-refractivity contribution in [3.63, 3.8) is 0 Å². The Balaban J connectivity index is 2.14. The maximum atomic E-state index is 11.3. The fourth-order valence-electron chi connectivity index (χ4n) is 2.65. The standard InChI is InChI=1S/C15H21NO3/c1-18-13-8-5-11(9-14(13)19-2)15(16)10-3-6-12(17)7-4-10/h5,8-10,15H,3-4,6-7,16H2,1-2H3. The maximum Gasteiger partial charge on any atom is 0.161 e. The van der Waals surface area contributed by atoms with Gasteiger partial charge in [0.15, 0.2) is 11.5 Å². The first kappa shape index (κ1) is 13.9. The summed E-state index contributed by atoms with van der Waals surface area (Å²) in [6.45, 7) is 0. The number of methoxy groups -OCH3 is 2. The second kappa shape index (κ2) is 6.06. The first-order chi connectivity index (χ1) is 9.15. The fraction of sp³-hybridized carbons (Fsp3) is 0.533. The average molecular weight is 263 g/mol. The molecule has 0 aliphatic heterocycles. The van der Waals surface area contributed by atoms with Gasteiger partial charge in [-0.3, -0.25) is 4.79 Å². The van der Waals surface area contributed by atoms with Crippen LogP contribution in [0.4, 0.5) is 0 Å². The van der Waals surface area contributed by atoms with Crippen LogP contribution in [0.1, 0.15) is 37.3 Å². The summed E-state index contributed by atoms with van der Waals surface area (Å²) in [7, 11) is 3.23. The highest BCUT2D eigenvalue weighted by molar-refractivity contribution is 5.79. The quantitative estimate of drug-likeness (QED) is 0.906. The zero-order valence-electron chi connectivity index (χ0n) is 11.5. The molecule has 1 aliphatic rings. The number of Topliss-reactive ketones (excluding diaryl/α,β-unsaturated/α-hetero) is 1. The van der Waals surface area contributed by atoms with E-state index in [9.17, 15) is 4.79 Å². The Morgan fingerprint density at radius 1 is 1.16 bits per heavy atom. The lowest BCUT2D eigenvalue weighted by Crippen LogP contribution is -2.26. The molecule has 0 saturated heterocycles. The van der Waals surface area contributed by atoms with Crippen LogP contribution in [0.25, 0.3) is 0 Å². The third kappa shape index (κ3) is 3.07. The Labute approximate surface area is 113 Å². The number of benzene rings is 1. The molecule has 1 aromatic rings. The molecule has 1 aromatic carbocycles. The largest absolute Gasteiger partial charge is 0.493 e. The highest BCUT2D eigenvalue weighted by atomic mass is 16.5. The summed E-state index contributed by atoms with van der Waals surface area (Å²) in [5, 5.41) is 0. The third-order valence-electron chi connectivity index (χ3n) is 3.89. The van der Waals surface area contributed by atoms with Crippen molar-refractivity contribution < 1.29 is 14.3 Å². The van der Waals surface area contributed by atoms with E-state index in [1.165, 1.54) is 0 Å². The van der Waals surface area contributed by atoms with Gasteiger partial charge < -0.3 is 15.2 Å². The van der Waals surface area contributed by atoms with Gasteiger partial charge in [-0.25, -0.2) is 0 Å². The van der Waals surface area contributed by atoms with Gasteiger partial charge in [-0.2, -0.15) is 0 Å². The van der Waals surface area contributed by atoms with Crippen molar-refractivity contribution in [2.24, 2.45) is 11.7 Å². The van der Waals surface area contributed by atoms with Crippen molar-refractivity contribution in [2.45, 2.75) is 31.7 Å². The van der Waals surface area contributed by atoms with Crippen molar-refractivity contribution in [3.8, 4) is 11.5 Å². The van der Waals surface area contributed by atoms with Crippen LogP contribution in [0.2, 0.25) is 0 Å². The highest BCUT2D eigenvalue weighted by Crippen LogP contribution is 2.35. The van der Waals surface area contributed by atoms with Crippen molar-refractivity contribution in [3.05, 3.63) is 23.8 Å². The topological polar surface area (TPSA) is 61.5 Å². The number of nitrogens with two attached hydrogens (primary N) is 1. The van der Waals surface area contributed by atoms with E-state index in [4.69, 9.17) is 15.2 Å². The minimum absolute atomic E-state index is 0.0482. The summed E-state index contributed by atoms with van der Waals surface area (Å²) in [5.74, 6) is 2.13. The van der Waals surface area contributed by atoms with E-state index < -0.39 is 0 Å². The molecule has 1 unspecified atom stereocenters. The van der Waals surface area contributed by atoms with Gasteiger partial charge in [0.25, 0.3) is 0 Å². The van der Waals surface area contributed by atoms with E-state index in [0.717, 1.165) is 18.4 Å². The van der Waals surface area contributed by atoms with Crippen LogP contribution in [0, 0.1) is 5.92 Å². The number of carbonyl (C=O) groups is 1. The molecule has 2 rings (SSSR count). The minimum Gasteiger partial charge on any atom is -0.493 e. The predicted octanol–water partition coefficient (Wildman–Crippen LogP) is 2.46. The van der Waals surface area contributed by atoms with E-state index in [1.54, 1.807) is 14.2 Å². The molecule has 19 heavy (non-hydrogen) atoms. The van der Waals surface area contributed by atoms with E-state index >= 15 is 0 Å². The highest BCUT2D eigenvalue weighted by Gasteiger charge is 2.25. The van der Waals surface area contributed by atoms with Crippen molar-refractivity contribution in [2.75, 3.05) is 14.2 Å². The SMILES string of the molecule is COc1ccc(C(N)C2CCC(=O)CC2)cc1OC. The van der Waals surface area contributed by atoms with Gasteiger partial charge in [0.1, 0.15) is 5.78 Å². The normalized spacial score (nSPS) is 18.2. The Bertz CT molecular complexity index is 449. The summed E-state index contributed by atoms with van der Waals surface area (Å²) in [4.78, 5) is 11.3. The molecule has 1 saturated carbocycles. The molecule has 0 aromatic heterocycles. The Kier molecular flexibility index (Phi) is 4.43. The summed E-state index contributed by atoms with van der Waals surface area (Å²) in [5.41, 5.74) is 7.36. The van der Waals surface area contributed by atoms with Gasteiger partial charge in [-0.1, -0.05) is 6.07 Å². The van der Waals surface area contributed by atoms with Crippen LogP contribution < -0.4 is 15.2 Å². The van der Waals surface area contributed by atoms with Gasteiger partial charge in [0, 0.05) is 18.9 Å². The molecular weight excluding hydrogens is 242 g/mol. The number of hydrogen-bond acceptors (Lipinski definition) is 4. The molecule has 0 spiro atoms. The lowest BCUT2D eigenvalue weighted by atomic mass is 9.81. The van der Waals surface area contributed by atoms with Gasteiger partial charge in [0.05, 0.1) is 14.2 Å². The third-order valence-corrected chi connectivity index (χ3v) is 3.89. The van der Waals surface area contributed by atoms with Gasteiger partial charge in [-0.15, -0.1) is 0 Å². The van der Waals surface area contributed by atoms with Crippen LogP contribution in [0.3, 0.4) is 0 Å². The summed E-state index contributed by atoms with van der Waals surface area (Å²) in [6, 6.07) is 5.73. The second-order valence-corrected chi connectivity index (χ2v) is 5.02. The van der Waals surface area contributed by atoms with E-state index in [2.05, 4.69) is 0 Å². The molecular formula is C15H21NO3. The van der Waals surface area contributed by atoms with E-state index in [1.807, 2.05) is 18.2 Å². The fourth-order valence-corrected chi connectivity index (χ4v) is 2.65. The molecule has 4 nitrogen and oxygen atoms in total. The Morgan fingerprint density at radius 3 is 2.37 bits per heavy atom. The van der Waals surface area contributed by atoms with Crippen LogP contribution in [0.15, 0.2) is 18.2 Å². The second-order valence-electron chi connectivity index (χ2n) is 5.02. The molecule has 1 aliphatic carbocycles. The minimum atomic E-state index is -0.0482. The zero-order valence-corrected chi connectivity index (χ0v) is 11.5. The Morgan fingerprint density at radius 2 is 1.79 bits per heavy atom. The molecule has 0 amide bonds. The van der Waals surface area contributed by atoms with Crippen molar-refractivity contribution in [1.29, 1.82) is 0 Å². The predicted molar refractivity (Wildman–Crippen MR) is 73.4 cm³/mol. The van der Waals surface area contributed by atoms with Crippen LogP contribution >= 0.6 is 0 Å². The summed E-state index contributed by atoms with van der Waals surface area (Å²) < 4.78 is 10.5. The Hall–Kier alpha value is -1.55. The van der Waals surface area contributed by atoms with Crippen molar-refractivity contribution >= 4 is 5.78 Å². The summed E-state index contributed by atoms with van der Waals surface area (Å²) >= 11 is 0. The molecule has 0 radical (unpaired) electrons. The number of carbonyl (C=O) groups excluding carboxylic acids is 1. The number of rotatable bonds is 4. The van der Waals surface area contributed by atoms with Crippen molar-refractivity contribution in [1.82, 2.24) is 0 Å². The zero-order chi connectivity index (χ0) is 13.8. The average Bonchev–Trinajstić information content (AvgIpc) is 2.46. The van der Waals surface area contributed by atoms with E-state index in [-0.39, 0.29) is 6.04 Å². The lowest BCUT2D eigenvalue weighted by Gasteiger charge is -2.27. The number of ether oxygens (including phenoxy) is 2.